The number of aliphatic hydroxyl groups excluding tert-OH is 1. The number of benzene rings is 3. The fourth-order valence-corrected chi connectivity index (χ4v) is 8.03. The predicted octanol–water partition coefficient (Wildman–Crippen LogP) is 14.8. The van der Waals surface area contributed by atoms with Gasteiger partial charge in [-0.25, -0.2) is 0 Å². The summed E-state index contributed by atoms with van der Waals surface area (Å²) in [5.41, 5.74) is 7.04. The zero-order chi connectivity index (χ0) is 39.6. The molecule has 6 aromatic rings. The van der Waals surface area contributed by atoms with Crippen LogP contribution in [0.4, 0.5) is 0 Å². The monoisotopic (exact) mass is 935 g/mol. The van der Waals surface area contributed by atoms with Crippen LogP contribution in [-0.4, -0.2) is 15.9 Å². The number of aliphatic hydroxyl groups is 1. The van der Waals surface area contributed by atoms with Crippen LogP contribution in [-0.2, 0) is 36.7 Å². The molecule has 0 amide bonds. The average Bonchev–Trinajstić information content (AvgIpc) is 3.72. The van der Waals surface area contributed by atoms with Crippen LogP contribution in [0.3, 0.4) is 0 Å². The van der Waals surface area contributed by atoms with E-state index < -0.39 is 0 Å². The van der Waals surface area contributed by atoms with Crippen molar-refractivity contribution in [2.75, 3.05) is 0 Å². The van der Waals surface area contributed by atoms with Crippen molar-refractivity contribution in [1.29, 1.82) is 0 Å². The number of furan rings is 1. The van der Waals surface area contributed by atoms with Crippen LogP contribution in [0, 0.1) is 29.7 Å². The van der Waals surface area contributed by atoms with Crippen LogP contribution >= 0.6 is 11.3 Å². The van der Waals surface area contributed by atoms with Gasteiger partial charge in [-0.15, -0.1) is 40.5 Å². The fourth-order valence-electron chi connectivity index (χ4n) is 7.11. The minimum Gasteiger partial charge on any atom is -0.512 e. The standard InChI is InChI=1S/C34H32NOS.C15H28O2.Ir/c1-20(2)15-22-11-12-30-27(16-22)28(19-37-30)32-21(3)25-13-14-35-31(33(25)36-32)24-17-23-9-7-8-10-26(23)29(18-24)34(4,5)6;1-7-14(5,8-2)12(16)11-13(17)15(6,9-3)10-4;/h7-14,16,18-20H,15H2,1-6H3;11,16H,7-10H2,1-6H3;/q-1;;/b;12-11-;. The Morgan fingerprint density at radius 2 is 1.55 bits per heavy atom. The van der Waals surface area contributed by atoms with Crippen LogP contribution in [0.2, 0.25) is 0 Å². The molecule has 3 heterocycles. The molecule has 0 fully saturated rings. The quantitative estimate of drug-likeness (QED) is 0.0799. The third-order valence-electron chi connectivity index (χ3n) is 11.8. The van der Waals surface area contributed by atoms with Gasteiger partial charge in [-0.3, -0.25) is 9.78 Å². The molecule has 0 atom stereocenters. The maximum atomic E-state index is 12.2. The van der Waals surface area contributed by atoms with Crippen molar-refractivity contribution >= 4 is 48.9 Å². The summed E-state index contributed by atoms with van der Waals surface area (Å²) >= 11 is 1.78. The summed E-state index contributed by atoms with van der Waals surface area (Å²) in [4.78, 5) is 17.0. The smallest absolute Gasteiger partial charge is 0.164 e. The molecule has 0 saturated heterocycles. The molecule has 0 spiro atoms. The first-order chi connectivity index (χ1) is 25.5. The first-order valence-corrected chi connectivity index (χ1v) is 20.7. The molecule has 0 aliphatic carbocycles. The van der Waals surface area contributed by atoms with Gasteiger partial charge in [0, 0.05) is 80.9 Å². The molecule has 0 bridgehead atoms. The largest absolute Gasteiger partial charge is 0.512 e. The second kappa shape index (κ2) is 17.7. The summed E-state index contributed by atoms with van der Waals surface area (Å²) in [5, 5.41) is 17.1. The molecule has 6 heteroatoms. The van der Waals surface area contributed by atoms with Crippen LogP contribution in [0.25, 0.3) is 54.4 Å². The van der Waals surface area contributed by atoms with Crippen molar-refractivity contribution < 1.29 is 34.4 Å². The molecule has 1 N–H and O–H groups in total. The summed E-state index contributed by atoms with van der Waals surface area (Å²) in [7, 11) is 0. The number of pyridine rings is 1. The number of thiophene rings is 1. The van der Waals surface area contributed by atoms with Gasteiger partial charge >= 0.3 is 0 Å². The van der Waals surface area contributed by atoms with Gasteiger partial charge in [0.2, 0.25) is 0 Å². The summed E-state index contributed by atoms with van der Waals surface area (Å²) in [5.74, 6) is 1.85. The van der Waals surface area contributed by atoms with Gasteiger partial charge in [0.25, 0.3) is 0 Å². The van der Waals surface area contributed by atoms with Crippen LogP contribution in [0.5, 0.6) is 0 Å². The van der Waals surface area contributed by atoms with Gasteiger partial charge in [-0.05, 0) is 74.1 Å². The second-order valence-corrected chi connectivity index (χ2v) is 17.9. The zero-order valence-electron chi connectivity index (χ0n) is 35.0. The molecule has 4 nitrogen and oxygen atoms in total. The Kier molecular flexibility index (Phi) is 14.2. The van der Waals surface area contributed by atoms with Crippen LogP contribution < -0.4 is 0 Å². The van der Waals surface area contributed by atoms with Gasteiger partial charge in [-0.2, -0.15) is 0 Å². The van der Waals surface area contributed by atoms with Crippen molar-refractivity contribution in [3.8, 4) is 22.6 Å². The van der Waals surface area contributed by atoms with Gasteiger partial charge in [0.05, 0.1) is 0 Å². The van der Waals surface area contributed by atoms with Gasteiger partial charge in [-0.1, -0.05) is 111 Å². The number of rotatable bonds is 11. The molecule has 295 valence electrons. The zero-order valence-corrected chi connectivity index (χ0v) is 38.2. The fraction of sp³-hybridized carbons (Fsp3) is 0.429. The summed E-state index contributed by atoms with van der Waals surface area (Å²) in [6.45, 7) is 25.6. The molecule has 1 radical (unpaired) electrons. The topological polar surface area (TPSA) is 63.3 Å². The Balaban J connectivity index is 0.000000320. The Bertz CT molecular complexity index is 2290. The van der Waals surface area contributed by atoms with E-state index in [2.05, 4.69) is 108 Å². The first kappa shape index (κ1) is 44.1. The Morgan fingerprint density at radius 3 is 2.16 bits per heavy atom. The number of aromatic nitrogens is 1. The minimum atomic E-state index is -0.337. The number of aryl methyl sites for hydroxylation is 1. The van der Waals surface area contributed by atoms with E-state index in [-0.39, 0.29) is 47.9 Å². The number of hydrogen-bond acceptors (Lipinski definition) is 5. The molecular weight excluding hydrogens is 875 g/mol. The Morgan fingerprint density at radius 1 is 0.891 bits per heavy atom. The number of allylic oxidation sites excluding steroid dienone is 2. The number of ketones is 1. The van der Waals surface area contributed by atoms with Crippen LogP contribution in [0.1, 0.15) is 119 Å². The summed E-state index contributed by atoms with van der Waals surface area (Å²) < 4.78 is 8.01. The summed E-state index contributed by atoms with van der Waals surface area (Å²) in [6.07, 6.45) is 7.73. The SMILES string of the molecule is CCC(C)(CC)C(=O)/C=C(\O)C(C)(CC)CC.Cc1c(-c2csc3ccc(CC(C)C)cc23)oc2c(-c3[c-]c4ccccc4c(C(C)(C)C)c3)nccc12.[Ir]. The molecule has 55 heavy (non-hydrogen) atoms. The van der Waals surface area contributed by atoms with E-state index in [0.29, 0.717) is 5.92 Å². The third-order valence-corrected chi connectivity index (χ3v) is 12.8. The first-order valence-electron chi connectivity index (χ1n) is 19.8. The van der Waals surface area contributed by atoms with E-state index in [9.17, 15) is 9.90 Å². The summed E-state index contributed by atoms with van der Waals surface area (Å²) in [6, 6.07) is 23.3. The molecule has 3 aromatic carbocycles. The molecular formula is C49H60IrNO3S-. The van der Waals surface area contributed by atoms with Gasteiger partial charge < -0.3 is 9.52 Å². The van der Waals surface area contributed by atoms with Gasteiger partial charge in [0.1, 0.15) is 17.1 Å². The minimum absolute atomic E-state index is 0. The number of hydrogen-bond donors (Lipinski definition) is 1. The molecule has 3 aromatic heterocycles. The maximum Gasteiger partial charge on any atom is 0.164 e. The number of fused-ring (bicyclic) bond motifs is 3. The van der Waals surface area contributed by atoms with Crippen molar-refractivity contribution in [3.63, 3.8) is 0 Å². The average molecular weight is 935 g/mol. The predicted molar refractivity (Wildman–Crippen MR) is 232 cm³/mol. The van der Waals surface area contributed by atoms with Crippen molar-refractivity contribution in [2.45, 2.75) is 121 Å². The van der Waals surface area contributed by atoms with Crippen LogP contribution in [0.15, 0.2) is 82.4 Å². The van der Waals surface area contributed by atoms with E-state index in [4.69, 9.17) is 9.40 Å². The number of carbonyl (C=O) groups is 1. The number of nitrogens with zero attached hydrogens (tertiary/aromatic N) is 1. The van der Waals surface area contributed by atoms with Gasteiger partial charge in [0.15, 0.2) is 5.78 Å². The van der Waals surface area contributed by atoms with E-state index in [1.165, 1.54) is 38.2 Å². The van der Waals surface area contributed by atoms with E-state index in [1.54, 1.807) is 11.3 Å². The van der Waals surface area contributed by atoms with Crippen molar-refractivity contribution in [1.82, 2.24) is 4.98 Å². The molecule has 0 aliphatic heterocycles. The second-order valence-electron chi connectivity index (χ2n) is 17.0. The normalized spacial score (nSPS) is 12.6. The Labute approximate surface area is 347 Å². The molecule has 0 unspecified atom stereocenters. The molecule has 0 aliphatic rings. The number of carbonyl (C=O) groups excluding carboxylic acids is 1. The van der Waals surface area contributed by atoms with E-state index in [1.807, 2.05) is 47.7 Å². The molecule has 0 saturated carbocycles. The maximum absolute atomic E-state index is 12.2. The van der Waals surface area contributed by atoms with E-state index in [0.717, 1.165) is 71.0 Å². The van der Waals surface area contributed by atoms with Crippen molar-refractivity contribution in [3.05, 3.63) is 101 Å². The van der Waals surface area contributed by atoms with E-state index >= 15 is 0 Å². The third kappa shape index (κ3) is 9.19. The Hall–Kier alpha value is -3.57. The van der Waals surface area contributed by atoms with Crippen molar-refractivity contribution in [2.24, 2.45) is 16.7 Å². The molecule has 6 rings (SSSR count).